The molecular weight excluding hydrogens is 248 g/mol. The van der Waals surface area contributed by atoms with Gasteiger partial charge in [-0.15, -0.1) is 0 Å². The summed E-state index contributed by atoms with van der Waals surface area (Å²) in [6.07, 6.45) is 11.0. The van der Waals surface area contributed by atoms with Crippen LogP contribution in [0.4, 0.5) is 0 Å². The molecule has 1 atom stereocenters. The maximum Gasteiger partial charge on any atom is 0.00572 e. The Morgan fingerprint density at radius 1 is 1.07 bits per heavy atom. The van der Waals surface area contributed by atoms with Crippen molar-refractivity contribution in [3.05, 3.63) is 0 Å². The van der Waals surface area contributed by atoms with Crippen LogP contribution in [0.2, 0.25) is 0 Å². The highest BCUT2D eigenvalue weighted by molar-refractivity contribution is 9.09. The number of alkyl halides is 1. The summed E-state index contributed by atoms with van der Waals surface area (Å²) in [6, 6.07) is 0. The van der Waals surface area contributed by atoms with Crippen molar-refractivity contribution in [2.75, 3.05) is 5.33 Å². The highest BCUT2D eigenvalue weighted by Gasteiger charge is 2.50. The normalized spacial score (nSPS) is 49.6. The van der Waals surface area contributed by atoms with E-state index in [4.69, 9.17) is 0 Å². The summed E-state index contributed by atoms with van der Waals surface area (Å²) >= 11 is 3.65. The van der Waals surface area contributed by atoms with Gasteiger partial charge in [-0.2, -0.15) is 0 Å². The number of halogens is 1. The lowest BCUT2D eigenvalue weighted by atomic mass is 9.48. The molecule has 0 nitrogen and oxygen atoms in total. The van der Waals surface area contributed by atoms with Crippen molar-refractivity contribution in [2.45, 2.75) is 51.9 Å². The van der Waals surface area contributed by atoms with Gasteiger partial charge < -0.3 is 0 Å². The molecule has 0 aliphatic heterocycles. The van der Waals surface area contributed by atoms with Crippen molar-refractivity contribution in [3.63, 3.8) is 0 Å². The van der Waals surface area contributed by atoms with Crippen LogP contribution in [0.25, 0.3) is 0 Å². The quantitative estimate of drug-likeness (QED) is 0.657. The summed E-state index contributed by atoms with van der Waals surface area (Å²) in [5, 5.41) is 1.20. The lowest BCUT2D eigenvalue weighted by Crippen LogP contribution is -2.46. The molecule has 0 amide bonds. The molecule has 4 fully saturated rings. The van der Waals surface area contributed by atoms with Gasteiger partial charge in [-0.3, -0.25) is 0 Å². The Hall–Kier alpha value is 0.480. The summed E-state index contributed by atoms with van der Waals surface area (Å²) in [6.45, 7) is 2.42. The lowest BCUT2D eigenvalue weighted by Gasteiger charge is -2.57. The van der Waals surface area contributed by atoms with Gasteiger partial charge in [0.1, 0.15) is 0 Å². The van der Waals surface area contributed by atoms with Crippen LogP contribution < -0.4 is 0 Å². The van der Waals surface area contributed by atoms with E-state index in [-0.39, 0.29) is 0 Å². The van der Waals surface area contributed by atoms with Gasteiger partial charge in [-0.25, -0.2) is 0 Å². The third-order valence-corrected chi connectivity index (χ3v) is 6.32. The summed E-state index contributed by atoms with van der Waals surface area (Å²) in [4.78, 5) is 0. The Bertz CT molecular complexity index is 210. The molecular formula is C14H23Br. The van der Waals surface area contributed by atoms with Gasteiger partial charge >= 0.3 is 0 Å². The van der Waals surface area contributed by atoms with E-state index < -0.39 is 0 Å². The summed E-state index contributed by atoms with van der Waals surface area (Å²) in [5.41, 5.74) is 0.794. The number of rotatable bonds is 3. The maximum atomic E-state index is 3.65. The van der Waals surface area contributed by atoms with Crippen LogP contribution in [0.15, 0.2) is 0 Å². The van der Waals surface area contributed by atoms with Crippen molar-refractivity contribution >= 4 is 15.9 Å². The molecule has 86 valence electrons. The molecule has 4 aliphatic rings. The van der Waals surface area contributed by atoms with E-state index in [1.165, 1.54) is 11.8 Å². The van der Waals surface area contributed by atoms with E-state index >= 15 is 0 Å². The molecule has 15 heavy (non-hydrogen) atoms. The molecule has 0 aromatic carbocycles. The molecule has 4 bridgehead atoms. The predicted molar refractivity (Wildman–Crippen MR) is 68.2 cm³/mol. The van der Waals surface area contributed by atoms with Crippen LogP contribution in [0.3, 0.4) is 0 Å². The molecule has 0 saturated heterocycles. The average Bonchev–Trinajstić information content (AvgIpc) is 2.14. The maximum absolute atomic E-state index is 3.65. The molecule has 1 unspecified atom stereocenters. The highest BCUT2D eigenvalue weighted by Crippen LogP contribution is 2.62. The SMILES string of the molecule is CC(CBr)CC12CC3CC(CC(C3)C1)C2. The first-order valence-electron chi connectivity index (χ1n) is 6.75. The van der Waals surface area contributed by atoms with Crippen molar-refractivity contribution in [3.8, 4) is 0 Å². The minimum absolute atomic E-state index is 0.794. The highest BCUT2D eigenvalue weighted by atomic mass is 79.9. The molecule has 0 aromatic heterocycles. The zero-order chi connectivity index (χ0) is 10.5. The van der Waals surface area contributed by atoms with Gasteiger partial charge in [0.2, 0.25) is 0 Å². The molecule has 0 N–H and O–H groups in total. The van der Waals surface area contributed by atoms with Gasteiger partial charge in [0, 0.05) is 5.33 Å². The zero-order valence-corrected chi connectivity index (χ0v) is 11.4. The third-order valence-electron chi connectivity index (χ3n) is 5.21. The van der Waals surface area contributed by atoms with Gasteiger partial charge in [0.15, 0.2) is 0 Å². The number of hydrogen-bond acceptors (Lipinski definition) is 0. The van der Waals surface area contributed by atoms with Crippen molar-refractivity contribution in [2.24, 2.45) is 29.1 Å². The second-order valence-corrected chi connectivity index (χ2v) is 7.53. The van der Waals surface area contributed by atoms with Gasteiger partial charge in [0.05, 0.1) is 0 Å². The first-order chi connectivity index (χ1) is 7.19. The second-order valence-electron chi connectivity index (χ2n) is 6.88. The summed E-state index contributed by atoms with van der Waals surface area (Å²) in [7, 11) is 0. The Morgan fingerprint density at radius 2 is 1.53 bits per heavy atom. The lowest BCUT2D eigenvalue weighted by molar-refractivity contribution is -0.0628. The van der Waals surface area contributed by atoms with Crippen LogP contribution >= 0.6 is 15.9 Å². The van der Waals surface area contributed by atoms with Gasteiger partial charge in [0.25, 0.3) is 0 Å². The van der Waals surface area contributed by atoms with E-state index in [1.807, 2.05) is 0 Å². The molecule has 0 spiro atoms. The average molecular weight is 271 g/mol. The van der Waals surface area contributed by atoms with Crippen LogP contribution in [0.1, 0.15) is 51.9 Å². The molecule has 0 aromatic rings. The van der Waals surface area contributed by atoms with Gasteiger partial charge in [-0.05, 0) is 74.0 Å². The van der Waals surface area contributed by atoms with Crippen LogP contribution in [-0.2, 0) is 0 Å². The third kappa shape index (κ3) is 1.90. The van der Waals surface area contributed by atoms with E-state index in [1.54, 1.807) is 38.5 Å². The van der Waals surface area contributed by atoms with E-state index in [9.17, 15) is 0 Å². The van der Waals surface area contributed by atoms with E-state index in [2.05, 4.69) is 22.9 Å². The van der Waals surface area contributed by atoms with Gasteiger partial charge in [-0.1, -0.05) is 22.9 Å². The Balaban J connectivity index is 1.75. The fourth-order valence-corrected chi connectivity index (χ4v) is 5.56. The second kappa shape index (κ2) is 3.75. The van der Waals surface area contributed by atoms with E-state index in [0.717, 1.165) is 29.1 Å². The Morgan fingerprint density at radius 3 is 1.93 bits per heavy atom. The first kappa shape index (κ1) is 10.6. The molecule has 4 rings (SSSR count). The predicted octanol–water partition coefficient (Wildman–Crippen LogP) is 4.62. The molecule has 1 heteroatoms. The molecule has 4 aliphatic carbocycles. The van der Waals surface area contributed by atoms with Crippen LogP contribution in [0, 0.1) is 29.1 Å². The monoisotopic (exact) mass is 270 g/mol. The van der Waals surface area contributed by atoms with Crippen molar-refractivity contribution in [1.29, 1.82) is 0 Å². The standard InChI is InChI=1S/C14H23Br/c1-10(9-15)5-14-6-11-2-12(7-14)4-13(3-11)8-14/h10-13H,2-9H2,1H3. The van der Waals surface area contributed by atoms with Crippen molar-refractivity contribution in [1.82, 2.24) is 0 Å². The Labute approximate surface area is 102 Å². The number of hydrogen-bond donors (Lipinski definition) is 0. The molecule has 0 heterocycles. The first-order valence-corrected chi connectivity index (χ1v) is 7.87. The Kier molecular flexibility index (Phi) is 2.66. The minimum Gasteiger partial charge on any atom is -0.0925 e. The largest absolute Gasteiger partial charge is 0.0925 e. The summed E-state index contributed by atoms with van der Waals surface area (Å²) in [5.74, 6) is 4.26. The topological polar surface area (TPSA) is 0 Å². The summed E-state index contributed by atoms with van der Waals surface area (Å²) < 4.78 is 0. The molecule has 4 saturated carbocycles. The minimum atomic E-state index is 0.794. The molecule has 0 radical (unpaired) electrons. The van der Waals surface area contributed by atoms with Crippen LogP contribution in [-0.4, -0.2) is 5.33 Å². The fraction of sp³-hybridized carbons (Fsp3) is 1.00. The smallest absolute Gasteiger partial charge is 0.00572 e. The van der Waals surface area contributed by atoms with Crippen molar-refractivity contribution < 1.29 is 0 Å². The van der Waals surface area contributed by atoms with Crippen LogP contribution in [0.5, 0.6) is 0 Å². The fourth-order valence-electron chi connectivity index (χ4n) is 5.33. The zero-order valence-electron chi connectivity index (χ0n) is 9.84. The van der Waals surface area contributed by atoms with E-state index in [0.29, 0.717) is 0 Å².